The Morgan fingerprint density at radius 1 is 1.21 bits per heavy atom. The van der Waals surface area contributed by atoms with Crippen LogP contribution in [0.5, 0.6) is 0 Å². The number of thioether (sulfide) groups is 1. The molecule has 1 aromatic carbocycles. The van der Waals surface area contributed by atoms with Gasteiger partial charge in [0.2, 0.25) is 0 Å². The highest BCUT2D eigenvalue weighted by Gasteiger charge is 2.35. The van der Waals surface area contributed by atoms with Gasteiger partial charge in [0, 0.05) is 5.25 Å². The summed E-state index contributed by atoms with van der Waals surface area (Å²) < 4.78 is 52.4. The van der Waals surface area contributed by atoms with Crippen molar-refractivity contribution < 1.29 is 22.4 Å². The maximum absolute atomic E-state index is 13.2. The van der Waals surface area contributed by atoms with Crippen molar-refractivity contribution in [3.8, 4) is 0 Å². The van der Waals surface area contributed by atoms with E-state index in [2.05, 4.69) is 22.2 Å². The van der Waals surface area contributed by atoms with Crippen LogP contribution >= 0.6 is 11.8 Å². The predicted molar refractivity (Wildman–Crippen MR) is 100.0 cm³/mol. The van der Waals surface area contributed by atoms with Gasteiger partial charge < -0.3 is 10.2 Å². The van der Waals surface area contributed by atoms with E-state index in [1.54, 1.807) is 23.9 Å². The van der Waals surface area contributed by atoms with Crippen molar-refractivity contribution in [1.29, 1.82) is 0 Å². The van der Waals surface area contributed by atoms with Crippen LogP contribution < -0.4 is 5.32 Å². The summed E-state index contributed by atoms with van der Waals surface area (Å²) in [7, 11) is 2.09. The smallest absolute Gasteiger partial charge is 0.321 e. The molecule has 0 unspecified atom stereocenters. The number of aromatic nitrogens is 1. The van der Waals surface area contributed by atoms with Crippen LogP contribution in [0.25, 0.3) is 0 Å². The van der Waals surface area contributed by atoms with Gasteiger partial charge in [-0.3, -0.25) is 4.79 Å². The molecule has 1 saturated heterocycles. The zero-order valence-corrected chi connectivity index (χ0v) is 15.9. The fraction of sp³-hybridized carbons (Fsp3) is 0.368. The third kappa shape index (κ3) is 5.23. The number of nitrogens with one attached hydrogen (secondary N) is 1. The minimum Gasteiger partial charge on any atom is -0.321 e. The highest BCUT2D eigenvalue weighted by molar-refractivity contribution is 7.99. The quantitative estimate of drug-likeness (QED) is 0.740. The van der Waals surface area contributed by atoms with E-state index in [4.69, 9.17) is 0 Å². The summed E-state index contributed by atoms with van der Waals surface area (Å²) in [6.45, 7) is 2.07. The SMILES string of the molecule is CN1CCC(Sc2ccc(NC(=O)c3ccc(F)cc3C(F)(F)F)cn2)CC1. The molecule has 0 radical (unpaired) electrons. The largest absolute Gasteiger partial charge is 0.417 e. The highest BCUT2D eigenvalue weighted by Crippen LogP contribution is 2.33. The summed E-state index contributed by atoms with van der Waals surface area (Å²) in [4.78, 5) is 18.8. The van der Waals surface area contributed by atoms with E-state index in [1.165, 1.54) is 6.20 Å². The predicted octanol–water partition coefficient (Wildman–Crippen LogP) is 4.68. The van der Waals surface area contributed by atoms with E-state index in [9.17, 15) is 22.4 Å². The van der Waals surface area contributed by atoms with Gasteiger partial charge >= 0.3 is 6.18 Å². The lowest BCUT2D eigenvalue weighted by Crippen LogP contribution is -2.31. The van der Waals surface area contributed by atoms with Gasteiger partial charge in [-0.2, -0.15) is 13.2 Å². The number of anilines is 1. The van der Waals surface area contributed by atoms with E-state index >= 15 is 0 Å². The summed E-state index contributed by atoms with van der Waals surface area (Å²) >= 11 is 1.66. The second-order valence-corrected chi connectivity index (χ2v) is 7.97. The van der Waals surface area contributed by atoms with Crippen LogP contribution in [-0.4, -0.2) is 41.2 Å². The first-order chi connectivity index (χ1) is 13.2. The van der Waals surface area contributed by atoms with E-state index in [1.807, 2.05) is 0 Å². The minimum atomic E-state index is -4.83. The molecule has 0 aliphatic carbocycles. The Kier molecular flexibility index (Phi) is 6.24. The minimum absolute atomic E-state index is 0.273. The van der Waals surface area contributed by atoms with Crippen LogP contribution in [0.1, 0.15) is 28.8 Å². The average Bonchev–Trinajstić information content (AvgIpc) is 2.64. The zero-order chi connectivity index (χ0) is 20.3. The molecule has 9 heteroatoms. The van der Waals surface area contributed by atoms with Gasteiger partial charge in [-0.25, -0.2) is 9.37 Å². The molecule has 1 aliphatic rings. The molecule has 0 bridgehead atoms. The second kappa shape index (κ2) is 8.48. The molecule has 150 valence electrons. The topological polar surface area (TPSA) is 45.2 Å². The van der Waals surface area contributed by atoms with E-state index in [0.717, 1.165) is 43.1 Å². The van der Waals surface area contributed by atoms with Gasteiger partial charge in [0.15, 0.2) is 0 Å². The molecule has 1 aliphatic heterocycles. The van der Waals surface area contributed by atoms with Crippen LogP contribution in [0.2, 0.25) is 0 Å². The Balaban J connectivity index is 1.67. The van der Waals surface area contributed by atoms with Crippen molar-refractivity contribution >= 4 is 23.4 Å². The molecule has 1 N–H and O–H groups in total. The second-order valence-electron chi connectivity index (χ2n) is 6.65. The first-order valence-electron chi connectivity index (χ1n) is 8.72. The van der Waals surface area contributed by atoms with E-state index in [0.29, 0.717) is 11.3 Å². The standard InChI is InChI=1S/C19H19F4N3OS/c1-26-8-6-14(7-9-26)28-17-5-3-13(11-24-17)25-18(27)15-4-2-12(20)10-16(15)19(21,22)23/h2-5,10-11,14H,6-9H2,1H3,(H,25,27). The number of carbonyl (C=O) groups is 1. The molecule has 1 aromatic heterocycles. The number of carbonyl (C=O) groups excluding carboxylic acids is 1. The third-order valence-corrected chi connectivity index (χ3v) is 5.77. The molecule has 4 nitrogen and oxygen atoms in total. The van der Waals surface area contributed by atoms with Gasteiger partial charge in [0.1, 0.15) is 5.82 Å². The molecular formula is C19H19F4N3OS. The lowest BCUT2D eigenvalue weighted by atomic mass is 10.1. The van der Waals surface area contributed by atoms with Gasteiger partial charge in [-0.15, -0.1) is 11.8 Å². The normalized spacial score (nSPS) is 16.2. The number of hydrogen-bond donors (Lipinski definition) is 1. The Hall–Kier alpha value is -2.13. The summed E-state index contributed by atoms with van der Waals surface area (Å²) in [5.41, 5.74) is -1.68. The van der Waals surface area contributed by atoms with Gasteiger partial charge in [-0.1, -0.05) is 0 Å². The van der Waals surface area contributed by atoms with Crippen LogP contribution in [0, 0.1) is 5.82 Å². The monoisotopic (exact) mass is 413 g/mol. The number of nitrogens with zero attached hydrogens (tertiary/aromatic N) is 2. The van der Waals surface area contributed by atoms with Crippen molar-refractivity contribution in [2.75, 3.05) is 25.5 Å². The van der Waals surface area contributed by atoms with Gasteiger partial charge in [0.05, 0.1) is 28.0 Å². The van der Waals surface area contributed by atoms with Crippen LogP contribution in [0.3, 0.4) is 0 Å². The lowest BCUT2D eigenvalue weighted by Gasteiger charge is -2.28. The molecule has 2 aromatic rings. The number of pyridine rings is 1. The van der Waals surface area contributed by atoms with Crippen molar-refractivity contribution in [1.82, 2.24) is 9.88 Å². The molecule has 1 amide bonds. The summed E-state index contributed by atoms with van der Waals surface area (Å²) in [6.07, 6.45) is -1.30. The van der Waals surface area contributed by atoms with Crippen LogP contribution in [0.15, 0.2) is 41.6 Å². The Labute approximate surface area is 164 Å². The summed E-state index contributed by atoms with van der Waals surface area (Å²) in [5.74, 6) is -2.02. The number of alkyl halides is 3. The van der Waals surface area contributed by atoms with Crippen molar-refractivity contribution in [3.05, 3.63) is 53.5 Å². The van der Waals surface area contributed by atoms with E-state index in [-0.39, 0.29) is 5.69 Å². The lowest BCUT2D eigenvalue weighted by molar-refractivity contribution is -0.138. The number of amides is 1. The molecule has 28 heavy (non-hydrogen) atoms. The van der Waals surface area contributed by atoms with Gasteiger partial charge in [-0.05, 0) is 63.3 Å². The van der Waals surface area contributed by atoms with Gasteiger partial charge in [0.25, 0.3) is 5.91 Å². The molecule has 3 rings (SSSR count). The fourth-order valence-corrected chi connectivity index (χ4v) is 3.99. The Bertz CT molecular complexity index is 834. The molecule has 0 saturated carbocycles. The zero-order valence-electron chi connectivity index (χ0n) is 15.1. The number of likely N-dealkylation sites (tertiary alicyclic amines) is 1. The molecule has 1 fully saturated rings. The highest BCUT2D eigenvalue weighted by atomic mass is 32.2. The number of halogens is 4. The number of piperidine rings is 1. The first kappa shape index (κ1) is 20.6. The Morgan fingerprint density at radius 3 is 2.54 bits per heavy atom. The maximum atomic E-state index is 13.2. The molecule has 0 atom stereocenters. The number of benzene rings is 1. The fourth-order valence-electron chi connectivity index (χ4n) is 2.94. The van der Waals surface area contributed by atoms with Crippen molar-refractivity contribution in [2.45, 2.75) is 29.3 Å². The van der Waals surface area contributed by atoms with E-state index < -0.39 is 29.0 Å². The van der Waals surface area contributed by atoms with Crippen molar-refractivity contribution in [2.24, 2.45) is 0 Å². The molecule has 0 spiro atoms. The van der Waals surface area contributed by atoms with Crippen LogP contribution in [0.4, 0.5) is 23.2 Å². The van der Waals surface area contributed by atoms with Crippen LogP contribution in [-0.2, 0) is 6.18 Å². The third-order valence-electron chi connectivity index (χ3n) is 4.48. The Morgan fingerprint density at radius 2 is 1.93 bits per heavy atom. The average molecular weight is 413 g/mol. The summed E-state index contributed by atoms with van der Waals surface area (Å²) in [6, 6.07) is 5.29. The number of hydrogen-bond acceptors (Lipinski definition) is 4. The first-order valence-corrected chi connectivity index (χ1v) is 9.59. The molecule has 2 heterocycles. The summed E-state index contributed by atoms with van der Waals surface area (Å²) in [5, 5.41) is 3.65. The number of rotatable bonds is 4. The maximum Gasteiger partial charge on any atom is 0.417 e. The van der Waals surface area contributed by atoms with Crippen molar-refractivity contribution in [3.63, 3.8) is 0 Å². The molecular weight excluding hydrogens is 394 g/mol.